The second-order valence-corrected chi connectivity index (χ2v) is 4.60. The summed E-state index contributed by atoms with van der Waals surface area (Å²) in [7, 11) is 0. The summed E-state index contributed by atoms with van der Waals surface area (Å²) in [6, 6.07) is 7.22. The van der Waals surface area contributed by atoms with E-state index in [4.69, 9.17) is 5.73 Å². The van der Waals surface area contributed by atoms with Crippen LogP contribution in [-0.4, -0.2) is 30.6 Å². The molecule has 2 rings (SSSR count). The number of benzene rings is 1. The molecule has 0 aliphatic carbocycles. The number of hydrogen-bond acceptors (Lipinski definition) is 3. The van der Waals surface area contributed by atoms with Crippen LogP contribution in [0.15, 0.2) is 24.3 Å². The number of hydrogen-bond donors (Lipinski definition) is 1. The number of halogens is 3. The smallest absolute Gasteiger partial charge is 0.387 e. The number of nitrogens with zero attached hydrogens (tertiary/aromatic N) is 1. The van der Waals surface area contributed by atoms with Crippen LogP contribution >= 0.6 is 12.4 Å². The van der Waals surface area contributed by atoms with Crippen molar-refractivity contribution in [1.29, 1.82) is 0 Å². The molecule has 1 aliphatic rings. The Kier molecular flexibility index (Phi) is 6.48. The minimum atomic E-state index is -2.78. The van der Waals surface area contributed by atoms with E-state index in [0.29, 0.717) is 6.54 Å². The minimum Gasteiger partial charge on any atom is -0.434 e. The molecule has 1 heterocycles. The van der Waals surface area contributed by atoms with E-state index in [9.17, 15) is 8.78 Å². The van der Waals surface area contributed by atoms with Gasteiger partial charge in [-0.05, 0) is 32.0 Å². The van der Waals surface area contributed by atoms with E-state index in [1.165, 1.54) is 0 Å². The summed E-state index contributed by atoms with van der Waals surface area (Å²) in [6.45, 7) is -0.329. The minimum absolute atomic E-state index is 0. The normalized spacial score (nSPS) is 17.3. The molecule has 1 saturated heterocycles. The molecule has 0 atom stereocenters. The molecule has 0 spiro atoms. The maximum atomic E-state index is 12.3. The van der Waals surface area contributed by atoms with Crippen LogP contribution in [0.2, 0.25) is 0 Å². The fraction of sp³-hybridized carbons (Fsp3) is 0.538. The maximum Gasteiger partial charge on any atom is 0.387 e. The third-order valence-corrected chi connectivity index (χ3v) is 3.21. The standard InChI is InChI=1S/C13H18F2N2O.ClH/c14-13(15)18-12-4-2-1-3-10(12)9-17-7-5-11(16)6-8-17;/h1-4,11,13H,5-9,16H2;1H. The molecule has 0 saturated carbocycles. The number of para-hydroxylation sites is 1. The van der Waals surface area contributed by atoms with Gasteiger partial charge in [-0.25, -0.2) is 0 Å². The first kappa shape index (κ1) is 16.1. The van der Waals surface area contributed by atoms with Gasteiger partial charge in [0.25, 0.3) is 0 Å². The number of likely N-dealkylation sites (tertiary alicyclic amines) is 1. The molecule has 1 aromatic rings. The van der Waals surface area contributed by atoms with Crippen molar-refractivity contribution in [3.05, 3.63) is 29.8 Å². The molecule has 3 nitrogen and oxygen atoms in total. The quantitative estimate of drug-likeness (QED) is 0.927. The van der Waals surface area contributed by atoms with Crippen LogP contribution in [0.5, 0.6) is 5.75 Å². The lowest BCUT2D eigenvalue weighted by Gasteiger charge is -2.30. The van der Waals surface area contributed by atoms with Gasteiger partial charge in [-0.3, -0.25) is 4.90 Å². The van der Waals surface area contributed by atoms with E-state index < -0.39 is 6.61 Å². The van der Waals surface area contributed by atoms with E-state index in [1.807, 2.05) is 12.1 Å². The predicted molar refractivity (Wildman–Crippen MR) is 72.8 cm³/mol. The van der Waals surface area contributed by atoms with Crippen molar-refractivity contribution in [3.63, 3.8) is 0 Å². The number of alkyl halides is 2. The Morgan fingerprint density at radius 1 is 1.26 bits per heavy atom. The second-order valence-electron chi connectivity index (χ2n) is 4.60. The van der Waals surface area contributed by atoms with E-state index in [0.717, 1.165) is 31.5 Å². The Hall–Kier alpha value is -0.910. The highest BCUT2D eigenvalue weighted by molar-refractivity contribution is 5.85. The van der Waals surface area contributed by atoms with Gasteiger partial charge < -0.3 is 10.5 Å². The molecule has 1 aliphatic heterocycles. The topological polar surface area (TPSA) is 38.5 Å². The van der Waals surface area contributed by atoms with Gasteiger partial charge in [-0.2, -0.15) is 8.78 Å². The second kappa shape index (κ2) is 7.62. The summed E-state index contributed by atoms with van der Waals surface area (Å²) in [5, 5.41) is 0. The van der Waals surface area contributed by atoms with Gasteiger partial charge in [0.2, 0.25) is 0 Å². The summed E-state index contributed by atoms with van der Waals surface area (Å²) in [6.07, 6.45) is 1.91. The summed E-state index contributed by atoms with van der Waals surface area (Å²) >= 11 is 0. The lowest BCUT2D eigenvalue weighted by molar-refractivity contribution is -0.0508. The van der Waals surface area contributed by atoms with E-state index >= 15 is 0 Å². The fourth-order valence-electron chi connectivity index (χ4n) is 2.20. The van der Waals surface area contributed by atoms with Gasteiger partial charge in [0.1, 0.15) is 5.75 Å². The lowest BCUT2D eigenvalue weighted by Crippen LogP contribution is -2.39. The molecule has 2 N–H and O–H groups in total. The van der Waals surface area contributed by atoms with Crippen LogP contribution in [-0.2, 0) is 6.54 Å². The van der Waals surface area contributed by atoms with Crippen molar-refractivity contribution in [2.75, 3.05) is 13.1 Å². The number of piperidine rings is 1. The number of ether oxygens (including phenoxy) is 1. The third kappa shape index (κ3) is 4.93. The molecular weight excluding hydrogens is 274 g/mol. The molecule has 19 heavy (non-hydrogen) atoms. The maximum absolute atomic E-state index is 12.3. The van der Waals surface area contributed by atoms with Gasteiger partial charge in [0.05, 0.1) is 0 Å². The molecule has 0 unspecified atom stereocenters. The highest BCUT2D eigenvalue weighted by Gasteiger charge is 2.18. The summed E-state index contributed by atoms with van der Waals surface area (Å²) in [4.78, 5) is 2.22. The molecule has 0 bridgehead atoms. The van der Waals surface area contributed by atoms with Gasteiger partial charge in [0.15, 0.2) is 0 Å². The van der Waals surface area contributed by atoms with Gasteiger partial charge in [-0.15, -0.1) is 12.4 Å². The zero-order valence-electron chi connectivity index (χ0n) is 10.6. The zero-order valence-corrected chi connectivity index (χ0v) is 11.4. The molecule has 6 heteroatoms. The summed E-state index contributed by atoms with van der Waals surface area (Å²) in [5.74, 6) is 0.266. The van der Waals surface area contributed by atoms with Crippen molar-refractivity contribution in [3.8, 4) is 5.75 Å². The molecule has 1 aromatic carbocycles. The van der Waals surface area contributed by atoms with Gasteiger partial charge in [-0.1, -0.05) is 18.2 Å². The van der Waals surface area contributed by atoms with Crippen molar-refractivity contribution in [2.24, 2.45) is 5.73 Å². The molecule has 1 fully saturated rings. The highest BCUT2D eigenvalue weighted by atomic mass is 35.5. The Balaban J connectivity index is 0.00000180. The monoisotopic (exact) mass is 292 g/mol. The Bertz CT molecular complexity index is 385. The fourth-order valence-corrected chi connectivity index (χ4v) is 2.20. The SMILES string of the molecule is Cl.NC1CCN(Cc2ccccc2OC(F)F)CC1. The van der Waals surface area contributed by atoms with Crippen molar-refractivity contribution >= 4 is 12.4 Å². The van der Waals surface area contributed by atoms with Crippen LogP contribution in [0.4, 0.5) is 8.78 Å². The first-order valence-corrected chi connectivity index (χ1v) is 6.16. The molecule has 0 aromatic heterocycles. The molecule has 0 radical (unpaired) electrons. The molecule has 0 amide bonds. The lowest BCUT2D eigenvalue weighted by atomic mass is 10.1. The van der Waals surface area contributed by atoms with Crippen LogP contribution in [0.25, 0.3) is 0 Å². The van der Waals surface area contributed by atoms with Gasteiger partial charge in [0, 0.05) is 18.2 Å². The van der Waals surface area contributed by atoms with Gasteiger partial charge >= 0.3 is 6.61 Å². The van der Waals surface area contributed by atoms with E-state index in [1.54, 1.807) is 12.1 Å². The van der Waals surface area contributed by atoms with E-state index in [-0.39, 0.29) is 24.2 Å². The summed E-state index contributed by atoms with van der Waals surface area (Å²) in [5.41, 5.74) is 6.63. The van der Waals surface area contributed by atoms with Crippen LogP contribution in [0.1, 0.15) is 18.4 Å². The first-order chi connectivity index (χ1) is 8.65. The number of nitrogens with two attached hydrogens (primary N) is 1. The number of rotatable bonds is 4. The average molecular weight is 293 g/mol. The van der Waals surface area contributed by atoms with E-state index in [2.05, 4.69) is 9.64 Å². The van der Waals surface area contributed by atoms with Crippen molar-refractivity contribution in [2.45, 2.75) is 32.0 Å². The van der Waals surface area contributed by atoms with Crippen LogP contribution < -0.4 is 10.5 Å². The Morgan fingerprint density at radius 2 is 1.89 bits per heavy atom. The van der Waals surface area contributed by atoms with Crippen molar-refractivity contribution < 1.29 is 13.5 Å². The Labute approximate surface area is 118 Å². The molecule has 108 valence electrons. The predicted octanol–water partition coefficient (Wildman–Crippen LogP) is 2.63. The third-order valence-electron chi connectivity index (χ3n) is 3.21. The van der Waals surface area contributed by atoms with Crippen LogP contribution in [0.3, 0.4) is 0 Å². The van der Waals surface area contributed by atoms with Crippen molar-refractivity contribution in [1.82, 2.24) is 4.90 Å². The first-order valence-electron chi connectivity index (χ1n) is 6.16. The summed E-state index contributed by atoms with van der Waals surface area (Å²) < 4.78 is 29.1. The highest BCUT2D eigenvalue weighted by Crippen LogP contribution is 2.23. The largest absolute Gasteiger partial charge is 0.434 e. The zero-order chi connectivity index (χ0) is 13.0. The molecular formula is C13H19ClF2N2O. The van der Waals surface area contributed by atoms with Crippen LogP contribution in [0, 0.1) is 0 Å². The Morgan fingerprint density at radius 3 is 2.53 bits per heavy atom. The average Bonchev–Trinajstić information content (AvgIpc) is 2.34.